The molecule has 0 fully saturated rings. The molecular formula is C32H37N5O6S. The highest BCUT2D eigenvalue weighted by atomic mass is 32.2. The Bertz CT molecular complexity index is 1850. The second-order valence-corrected chi connectivity index (χ2v) is 13.4. The van der Waals surface area contributed by atoms with Gasteiger partial charge in [-0.25, -0.2) is 13.1 Å². The lowest BCUT2D eigenvalue weighted by Gasteiger charge is -2.25. The van der Waals surface area contributed by atoms with Gasteiger partial charge in [-0.3, -0.25) is 4.79 Å². The van der Waals surface area contributed by atoms with Crippen LogP contribution in [0.25, 0.3) is 11.0 Å². The van der Waals surface area contributed by atoms with Crippen LogP contribution >= 0.6 is 0 Å². The van der Waals surface area contributed by atoms with Gasteiger partial charge in [-0.05, 0) is 85.0 Å². The Morgan fingerprint density at radius 1 is 1.18 bits per heavy atom. The first-order valence-electron chi connectivity index (χ1n) is 15.1. The number of carbonyl (C=O) groups is 1. The third-order valence-corrected chi connectivity index (χ3v) is 10.6. The summed E-state index contributed by atoms with van der Waals surface area (Å²) in [7, 11) is -2.14. The van der Waals surface area contributed by atoms with Crippen molar-refractivity contribution in [1.82, 2.24) is 24.3 Å². The zero-order chi connectivity index (χ0) is 31.2. The monoisotopic (exact) mass is 619 g/mol. The molecule has 0 amide bonds. The number of benzene rings is 2. The number of aromatic nitrogens is 4. The molecule has 0 radical (unpaired) electrons. The fourth-order valence-electron chi connectivity index (χ4n) is 6.51. The van der Waals surface area contributed by atoms with Crippen molar-refractivity contribution in [3.63, 3.8) is 0 Å². The molecule has 2 aliphatic rings. The summed E-state index contributed by atoms with van der Waals surface area (Å²) in [6.45, 7) is 6.46. The maximum absolute atomic E-state index is 14.1. The Hall–Kier alpha value is -4.03. The van der Waals surface area contributed by atoms with Gasteiger partial charge in [-0.1, -0.05) is 30.3 Å². The summed E-state index contributed by atoms with van der Waals surface area (Å²) in [5.41, 5.74) is 7.40. The van der Waals surface area contributed by atoms with Crippen molar-refractivity contribution in [2.45, 2.75) is 76.3 Å². The zero-order valence-corrected chi connectivity index (χ0v) is 26.2. The van der Waals surface area contributed by atoms with Gasteiger partial charge in [-0.15, -0.1) is 5.10 Å². The van der Waals surface area contributed by atoms with Crippen LogP contribution in [0.4, 0.5) is 0 Å². The molecule has 0 spiro atoms. The van der Waals surface area contributed by atoms with E-state index in [9.17, 15) is 18.3 Å². The molecule has 2 aromatic heterocycles. The van der Waals surface area contributed by atoms with Crippen LogP contribution in [-0.4, -0.2) is 63.0 Å². The van der Waals surface area contributed by atoms with Gasteiger partial charge in [0.2, 0.25) is 21.8 Å². The third kappa shape index (κ3) is 5.41. The van der Waals surface area contributed by atoms with Crippen molar-refractivity contribution < 1.29 is 27.8 Å². The first kappa shape index (κ1) is 30.0. The highest BCUT2D eigenvalue weighted by molar-refractivity contribution is 7.89. The van der Waals surface area contributed by atoms with E-state index >= 15 is 0 Å². The average molecular weight is 620 g/mol. The van der Waals surface area contributed by atoms with Gasteiger partial charge in [0.1, 0.15) is 16.5 Å². The highest BCUT2D eigenvalue weighted by Gasteiger charge is 2.36. The molecule has 1 aliphatic heterocycles. The number of aliphatic carboxylic acids is 1. The standard InChI is InChI=1S/C32H37N5O6S/c1-5-23-18-37(44(40,41)28-12-13-29(42-6-2)33-32(28)43-23)17-22-15-21(14-20-8-7-9-25(20)22)26(16-30(38)39)24-10-11-27-31(19(24)3)34-35-36(27)4/h10-15,23,26H,5-9,16-18H2,1-4H3,(H,38,39)/t23-,26?/m1/s1. The van der Waals surface area contributed by atoms with E-state index in [4.69, 9.17) is 9.47 Å². The van der Waals surface area contributed by atoms with E-state index in [2.05, 4.69) is 21.4 Å². The van der Waals surface area contributed by atoms with E-state index in [-0.39, 0.29) is 30.3 Å². The van der Waals surface area contributed by atoms with Crippen LogP contribution in [0.15, 0.2) is 41.3 Å². The molecule has 4 aromatic rings. The number of pyridine rings is 1. The summed E-state index contributed by atoms with van der Waals surface area (Å²) in [4.78, 5) is 16.6. The molecule has 0 saturated carbocycles. The highest BCUT2D eigenvalue weighted by Crippen LogP contribution is 2.39. The van der Waals surface area contributed by atoms with E-state index in [1.165, 1.54) is 10.4 Å². The Labute approximate surface area is 256 Å². The van der Waals surface area contributed by atoms with E-state index in [1.54, 1.807) is 10.7 Å². The summed E-state index contributed by atoms with van der Waals surface area (Å²) in [6.07, 6.45) is 2.75. The molecule has 3 heterocycles. The van der Waals surface area contributed by atoms with Gasteiger partial charge >= 0.3 is 5.97 Å². The number of fused-ring (bicyclic) bond motifs is 3. The van der Waals surface area contributed by atoms with Crippen molar-refractivity contribution in [2.24, 2.45) is 7.05 Å². The first-order chi connectivity index (χ1) is 21.1. The maximum Gasteiger partial charge on any atom is 0.304 e. The number of aryl methyl sites for hydroxylation is 3. The smallest absolute Gasteiger partial charge is 0.304 e. The van der Waals surface area contributed by atoms with Crippen molar-refractivity contribution in [3.05, 3.63) is 69.8 Å². The number of carboxylic acid groups (broad SMARTS) is 1. The van der Waals surface area contributed by atoms with Crippen LogP contribution in [0.3, 0.4) is 0 Å². The summed E-state index contributed by atoms with van der Waals surface area (Å²) < 4.78 is 43.0. The number of rotatable bonds is 9. The molecule has 1 unspecified atom stereocenters. The lowest BCUT2D eigenvalue weighted by Crippen LogP contribution is -2.36. The number of hydrogen-bond acceptors (Lipinski definition) is 8. The molecule has 11 nitrogen and oxygen atoms in total. The second kappa shape index (κ2) is 11.8. The quantitative estimate of drug-likeness (QED) is 0.287. The SMILES string of the molecule is CCOc1ccc2c(n1)O[C@H](CC)CN(Cc1cc(C(CC(=O)O)c3ccc4c(nnn4C)c3C)cc3c1CCC3)S2(=O)=O. The van der Waals surface area contributed by atoms with E-state index in [0.29, 0.717) is 18.9 Å². The van der Waals surface area contributed by atoms with Crippen LogP contribution in [0.1, 0.15) is 72.4 Å². The maximum atomic E-state index is 14.1. The average Bonchev–Trinajstić information content (AvgIpc) is 3.60. The second-order valence-electron chi connectivity index (χ2n) is 11.5. The van der Waals surface area contributed by atoms with Crippen LogP contribution in [0, 0.1) is 6.92 Å². The summed E-state index contributed by atoms with van der Waals surface area (Å²) >= 11 is 0. The predicted molar refractivity (Wildman–Crippen MR) is 164 cm³/mol. The number of hydrogen-bond donors (Lipinski definition) is 1. The minimum atomic E-state index is -3.96. The van der Waals surface area contributed by atoms with Crippen LogP contribution < -0.4 is 9.47 Å². The lowest BCUT2D eigenvalue weighted by atomic mass is 9.83. The van der Waals surface area contributed by atoms with Crippen molar-refractivity contribution >= 4 is 27.0 Å². The van der Waals surface area contributed by atoms with E-state index in [1.807, 2.05) is 46.0 Å². The molecule has 1 aliphatic carbocycles. The van der Waals surface area contributed by atoms with Gasteiger partial charge in [0.25, 0.3) is 0 Å². The van der Waals surface area contributed by atoms with Gasteiger partial charge in [-0.2, -0.15) is 9.29 Å². The van der Waals surface area contributed by atoms with Crippen LogP contribution in [-0.2, 0) is 41.3 Å². The summed E-state index contributed by atoms with van der Waals surface area (Å²) in [5.74, 6) is -0.988. The molecule has 2 atom stereocenters. The molecule has 232 valence electrons. The Kier molecular flexibility index (Phi) is 8.06. The third-order valence-electron chi connectivity index (χ3n) is 8.76. The molecule has 12 heteroatoms. The number of nitrogens with zero attached hydrogens (tertiary/aromatic N) is 5. The number of ether oxygens (including phenoxy) is 2. The van der Waals surface area contributed by atoms with Gasteiger partial charge in [0.05, 0.1) is 25.1 Å². The van der Waals surface area contributed by atoms with Crippen molar-refractivity contribution in [3.8, 4) is 11.8 Å². The predicted octanol–water partition coefficient (Wildman–Crippen LogP) is 4.53. The van der Waals surface area contributed by atoms with Gasteiger partial charge in [0, 0.05) is 25.6 Å². The topological polar surface area (TPSA) is 137 Å². The minimum absolute atomic E-state index is 0.0151. The van der Waals surface area contributed by atoms with Crippen LogP contribution in [0.5, 0.6) is 11.8 Å². The Balaban J connectivity index is 1.43. The fourth-order valence-corrected chi connectivity index (χ4v) is 8.01. The molecule has 0 saturated heterocycles. The van der Waals surface area contributed by atoms with E-state index < -0.39 is 28.0 Å². The minimum Gasteiger partial charge on any atom is -0.481 e. The molecule has 6 rings (SSSR count). The Morgan fingerprint density at radius 2 is 2.00 bits per heavy atom. The molecular weight excluding hydrogens is 582 g/mol. The molecule has 0 bridgehead atoms. The summed E-state index contributed by atoms with van der Waals surface area (Å²) in [6, 6.07) is 11.1. The first-order valence-corrected chi connectivity index (χ1v) is 16.5. The van der Waals surface area contributed by atoms with Crippen molar-refractivity contribution in [2.75, 3.05) is 13.2 Å². The normalized spacial score (nSPS) is 18.3. The van der Waals surface area contributed by atoms with Gasteiger partial charge in [0.15, 0.2) is 0 Å². The van der Waals surface area contributed by atoms with E-state index in [0.717, 1.165) is 63.7 Å². The Morgan fingerprint density at radius 3 is 2.75 bits per heavy atom. The van der Waals surface area contributed by atoms with Crippen LogP contribution in [0.2, 0.25) is 0 Å². The molecule has 44 heavy (non-hydrogen) atoms. The fraction of sp³-hybridized carbons (Fsp3) is 0.438. The molecule has 1 N–H and O–H groups in total. The zero-order valence-electron chi connectivity index (χ0n) is 25.4. The number of sulfonamides is 1. The lowest BCUT2D eigenvalue weighted by molar-refractivity contribution is -0.137. The number of carboxylic acids is 1. The summed E-state index contributed by atoms with van der Waals surface area (Å²) in [5, 5.41) is 18.5. The van der Waals surface area contributed by atoms with Crippen molar-refractivity contribution in [1.29, 1.82) is 0 Å². The van der Waals surface area contributed by atoms with Gasteiger partial charge < -0.3 is 14.6 Å². The molecule has 2 aromatic carbocycles. The largest absolute Gasteiger partial charge is 0.481 e.